The minimum absolute atomic E-state index is 0.0389. The van der Waals surface area contributed by atoms with Crippen molar-refractivity contribution in [3.8, 4) is 0 Å². The van der Waals surface area contributed by atoms with Gasteiger partial charge in [-0.15, -0.1) is 11.6 Å². The summed E-state index contributed by atoms with van der Waals surface area (Å²) in [5.74, 6) is 0.476. The van der Waals surface area contributed by atoms with Gasteiger partial charge in [0, 0.05) is 25.6 Å². The molecule has 0 aromatic heterocycles. The molecule has 2 nitrogen and oxygen atoms in total. The Bertz CT molecular complexity index is 378. The third-order valence-electron chi connectivity index (χ3n) is 2.67. The van der Waals surface area contributed by atoms with Crippen LogP contribution in [-0.4, -0.2) is 25.6 Å². The second-order valence-corrected chi connectivity index (χ2v) is 4.59. The van der Waals surface area contributed by atoms with Crippen molar-refractivity contribution in [3.05, 3.63) is 35.4 Å². The van der Waals surface area contributed by atoms with Gasteiger partial charge in [0.2, 0.25) is 0 Å². The zero-order valence-electron chi connectivity index (χ0n) is 10.6. The number of hydrogen-bond donors (Lipinski definition) is 1. The van der Waals surface area contributed by atoms with E-state index in [0.29, 0.717) is 31.0 Å². The van der Waals surface area contributed by atoms with Crippen molar-refractivity contribution in [2.75, 3.05) is 19.6 Å². The molecule has 1 N–H and O–H groups in total. The van der Waals surface area contributed by atoms with Crippen molar-refractivity contribution in [2.24, 2.45) is 0 Å². The minimum atomic E-state index is -4.31. The van der Waals surface area contributed by atoms with Gasteiger partial charge in [0.25, 0.3) is 0 Å². The predicted octanol–water partition coefficient (Wildman–Crippen LogP) is 3.44. The van der Waals surface area contributed by atoms with Crippen LogP contribution in [0.2, 0.25) is 0 Å². The van der Waals surface area contributed by atoms with Crippen molar-refractivity contribution in [1.82, 2.24) is 5.32 Å². The topological polar surface area (TPSA) is 21.3 Å². The Morgan fingerprint density at radius 3 is 2.68 bits per heavy atom. The zero-order chi connectivity index (χ0) is 14.3. The maximum absolute atomic E-state index is 12.6. The molecule has 1 atom stereocenters. The van der Waals surface area contributed by atoms with E-state index in [9.17, 15) is 13.2 Å². The van der Waals surface area contributed by atoms with Crippen LogP contribution in [-0.2, 0) is 17.5 Å². The highest BCUT2D eigenvalue weighted by Crippen LogP contribution is 2.29. The molecule has 0 amide bonds. The van der Waals surface area contributed by atoms with Crippen molar-refractivity contribution in [2.45, 2.75) is 25.2 Å². The van der Waals surface area contributed by atoms with Crippen LogP contribution < -0.4 is 5.32 Å². The Morgan fingerprint density at radius 1 is 1.37 bits per heavy atom. The van der Waals surface area contributed by atoms with Crippen LogP contribution in [0.4, 0.5) is 13.2 Å². The van der Waals surface area contributed by atoms with Crippen molar-refractivity contribution < 1.29 is 17.9 Å². The molecule has 0 fully saturated rings. The zero-order valence-corrected chi connectivity index (χ0v) is 11.4. The summed E-state index contributed by atoms with van der Waals surface area (Å²) in [4.78, 5) is 0. The van der Waals surface area contributed by atoms with E-state index in [-0.39, 0.29) is 6.04 Å². The van der Waals surface area contributed by atoms with Crippen molar-refractivity contribution in [3.63, 3.8) is 0 Å². The number of methoxy groups -OCH3 is 1. The summed E-state index contributed by atoms with van der Waals surface area (Å²) in [6, 6.07) is 5.32. The standard InChI is InChI=1S/C13H17ClF3NO/c1-19-9-12(5-6-14)18-8-10-3-2-4-11(7-10)13(15,16)17/h2-4,7,12,18H,5-6,8-9H2,1H3. The first kappa shape index (κ1) is 16.3. The van der Waals surface area contributed by atoms with Gasteiger partial charge in [-0.1, -0.05) is 18.2 Å². The second-order valence-electron chi connectivity index (χ2n) is 4.21. The maximum Gasteiger partial charge on any atom is 0.416 e. The van der Waals surface area contributed by atoms with Crippen LogP contribution in [0.1, 0.15) is 17.5 Å². The van der Waals surface area contributed by atoms with Gasteiger partial charge in [0.05, 0.1) is 12.2 Å². The highest BCUT2D eigenvalue weighted by atomic mass is 35.5. The van der Waals surface area contributed by atoms with E-state index in [1.807, 2.05) is 0 Å². The second kappa shape index (κ2) is 7.72. The molecule has 19 heavy (non-hydrogen) atoms. The lowest BCUT2D eigenvalue weighted by molar-refractivity contribution is -0.137. The van der Waals surface area contributed by atoms with Crippen LogP contribution in [0.25, 0.3) is 0 Å². The SMILES string of the molecule is COCC(CCCl)NCc1cccc(C(F)(F)F)c1. The number of alkyl halides is 4. The van der Waals surface area contributed by atoms with Crippen LogP contribution in [0, 0.1) is 0 Å². The smallest absolute Gasteiger partial charge is 0.383 e. The van der Waals surface area contributed by atoms with E-state index < -0.39 is 11.7 Å². The highest BCUT2D eigenvalue weighted by molar-refractivity contribution is 6.17. The van der Waals surface area contributed by atoms with E-state index in [1.165, 1.54) is 6.07 Å². The molecular weight excluding hydrogens is 279 g/mol. The number of hydrogen-bond acceptors (Lipinski definition) is 2. The number of benzene rings is 1. The summed E-state index contributed by atoms with van der Waals surface area (Å²) >= 11 is 5.65. The van der Waals surface area contributed by atoms with Crippen LogP contribution >= 0.6 is 11.6 Å². The molecule has 0 bridgehead atoms. The van der Waals surface area contributed by atoms with Gasteiger partial charge in [-0.05, 0) is 18.1 Å². The molecule has 0 aliphatic heterocycles. The Labute approximate surface area is 115 Å². The van der Waals surface area contributed by atoms with Gasteiger partial charge >= 0.3 is 6.18 Å². The molecule has 0 saturated carbocycles. The molecule has 108 valence electrons. The summed E-state index contributed by atoms with van der Waals surface area (Å²) in [5.41, 5.74) is -0.0436. The summed E-state index contributed by atoms with van der Waals surface area (Å²) in [7, 11) is 1.58. The summed E-state index contributed by atoms with van der Waals surface area (Å²) in [6.07, 6.45) is -3.60. The maximum atomic E-state index is 12.6. The largest absolute Gasteiger partial charge is 0.416 e. The number of ether oxygens (including phenoxy) is 1. The lowest BCUT2D eigenvalue weighted by Gasteiger charge is -2.17. The first-order valence-corrected chi connectivity index (χ1v) is 6.45. The molecule has 0 aliphatic rings. The number of nitrogens with one attached hydrogen (secondary N) is 1. The highest BCUT2D eigenvalue weighted by Gasteiger charge is 2.30. The molecule has 1 rings (SSSR count). The molecular formula is C13H17ClF3NO. The predicted molar refractivity (Wildman–Crippen MR) is 69.3 cm³/mol. The molecule has 0 radical (unpaired) electrons. The normalized spacial score (nSPS) is 13.5. The third kappa shape index (κ3) is 5.80. The summed E-state index contributed by atoms with van der Waals surface area (Å²) < 4.78 is 42.7. The van der Waals surface area contributed by atoms with Gasteiger partial charge in [-0.2, -0.15) is 13.2 Å². The fraction of sp³-hybridized carbons (Fsp3) is 0.538. The van der Waals surface area contributed by atoms with E-state index in [1.54, 1.807) is 13.2 Å². The molecule has 1 aromatic carbocycles. The first-order valence-electron chi connectivity index (χ1n) is 5.91. The van der Waals surface area contributed by atoms with Crippen LogP contribution in [0.3, 0.4) is 0 Å². The molecule has 1 unspecified atom stereocenters. The van der Waals surface area contributed by atoms with E-state index in [0.717, 1.165) is 12.1 Å². The van der Waals surface area contributed by atoms with Gasteiger partial charge in [0.1, 0.15) is 0 Å². The number of rotatable bonds is 7. The van der Waals surface area contributed by atoms with E-state index in [4.69, 9.17) is 16.3 Å². The third-order valence-corrected chi connectivity index (χ3v) is 2.89. The molecule has 0 aliphatic carbocycles. The Balaban J connectivity index is 2.61. The van der Waals surface area contributed by atoms with Gasteiger partial charge < -0.3 is 10.1 Å². The quantitative estimate of drug-likeness (QED) is 0.778. The average Bonchev–Trinajstić information content (AvgIpc) is 2.36. The lowest BCUT2D eigenvalue weighted by atomic mass is 10.1. The summed E-state index contributed by atoms with van der Waals surface area (Å²) in [5, 5.41) is 3.14. The lowest BCUT2D eigenvalue weighted by Crippen LogP contribution is -2.33. The Kier molecular flexibility index (Phi) is 6.62. The first-order chi connectivity index (χ1) is 8.97. The fourth-order valence-electron chi connectivity index (χ4n) is 1.70. The van der Waals surface area contributed by atoms with Crippen LogP contribution in [0.15, 0.2) is 24.3 Å². The molecule has 0 spiro atoms. The molecule has 0 heterocycles. The molecule has 6 heteroatoms. The number of halogens is 4. The van der Waals surface area contributed by atoms with Gasteiger partial charge in [-0.3, -0.25) is 0 Å². The Morgan fingerprint density at radius 2 is 2.11 bits per heavy atom. The minimum Gasteiger partial charge on any atom is -0.383 e. The molecule has 1 aromatic rings. The Hall–Kier alpha value is -0.780. The fourth-order valence-corrected chi connectivity index (χ4v) is 1.96. The monoisotopic (exact) mass is 295 g/mol. The van der Waals surface area contributed by atoms with Crippen molar-refractivity contribution >= 4 is 11.6 Å². The van der Waals surface area contributed by atoms with Crippen molar-refractivity contribution in [1.29, 1.82) is 0 Å². The van der Waals surface area contributed by atoms with Gasteiger partial charge in [0.15, 0.2) is 0 Å². The molecule has 0 saturated heterocycles. The summed E-state index contributed by atoms with van der Waals surface area (Å²) in [6.45, 7) is 0.834. The van der Waals surface area contributed by atoms with E-state index in [2.05, 4.69) is 5.32 Å². The van der Waals surface area contributed by atoms with Gasteiger partial charge in [-0.25, -0.2) is 0 Å². The van der Waals surface area contributed by atoms with Crippen LogP contribution in [0.5, 0.6) is 0 Å². The van der Waals surface area contributed by atoms with E-state index >= 15 is 0 Å². The average molecular weight is 296 g/mol.